The van der Waals surface area contributed by atoms with Gasteiger partial charge in [-0.05, 0) is 18.1 Å². The second-order valence-electron chi connectivity index (χ2n) is 8.30. The molecule has 29 heavy (non-hydrogen) atoms. The molecule has 0 radical (unpaired) electrons. The summed E-state index contributed by atoms with van der Waals surface area (Å²) in [5.41, 5.74) is 3.92. The van der Waals surface area contributed by atoms with Gasteiger partial charge in [0.2, 0.25) is 11.8 Å². The van der Waals surface area contributed by atoms with Crippen molar-refractivity contribution in [3.63, 3.8) is 0 Å². The van der Waals surface area contributed by atoms with Crippen LogP contribution in [0.4, 0.5) is 0 Å². The Balaban J connectivity index is 1.30. The summed E-state index contributed by atoms with van der Waals surface area (Å²) < 4.78 is 6.15. The summed E-state index contributed by atoms with van der Waals surface area (Å²) in [7, 11) is 0. The molecule has 0 unspecified atom stereocenters. The molecule has 0 spiro atoms. The van der Waals surface area contributed by atoms with Gasteiger partial charge in [0.1, 0.15) is 6.10 Å². The minimum atomic E-state index is -0.468. The molecule has 6 atom stereocenters. The first-order valence-electron chi connectivity index (χ1n) is 9.99. The first-order chi connectivity index (χ1) is 14.1. The Labute approximate surface area is 168 Å². The van der Waals surface area contributed by atoms with E-state index >= 15 is 0 Å². The Bertz CT molecular complexity index is 1030. The summed E-state index contributed by atoms with van der Waals surface area (Å²) in [6.45, 7) is 2.34. The number of fused-ring (bicyclic) bond motifs is 8. The molecule has 4 aliphatic heterocycles. The molecule has 4 aliphatic rings. The minimum Gasteiger partial charge on any atom is -0.389 e. The lowest BCUT2D eigenvalue weighted by Gasteiger charge is -2.26. The Morgan fingerprint density at radius 1 is 0.862 bits per heavy atom. The highest BCUT2D eigenvalue weighted by molar-refractivity contribution is 6.09. The van der Waals surface area contributed by atoms with Crippen LogP contribution in [0.1, 0.15) is 16.7 Å². The van der Waals surface area contributed by atoms with Gasteiger partial charge >= 0.3 is 0 Å². The third-order valence-electron chi connectivity index (χ3n) is 6.66. The fourth-order valence-electron chi connectivity index (χ4n) is 5.30. The number of hydrogen-bond acceptors (Lipinski definition) is 5. The van der Waals surface area contributed by atoms with E-state index in [9.17, 15) is 9.59 Å². The van der Waals surface area contributed by atoms with Crippen molar-refractivity contribution >= 4 is 17.5 Å². The van der Waals surface area contributed by atoms with Crippen LogP contribution in [-0.4, -0.2) is 40.7 Å². The SMILES string of the molecule is Cc1ccc(C2=NO[C@@H]3[C@@H]4O[C@H]([C@H]23)[C@H]2C(=O)N(Cc3ccccc3)C(=O)[C@@H]42)cc1. The maximum atomic E-state index is 13.2. The number of oxime groups is 1. The Kier molecular flexibility index (Phi) is 3.50. The lowest BCUT2D eigenvalue weighted by Crippen LogP contribution is -2.45. The van der Waals surface area contributed by atoms with Gasteiger partial charge in [0.15, 0.2) is 6.10 Å². The molecule has 0 aromatic heterocycles. The molecule has 146 valence electrons. The summed E-state index contributed by atoms with van der Waals surface area (Å²) in [5, 5.41) is 4.33. The van der Waals surface area contributed by atoms with Crippen LogP contribution in [0, 0.1) is 24.7 Å². The maximum absolute atomic E-state index is 13.2. The standard InChI is InChI=1S/C23H20N2O4/c1-12-7-9-14(10-8-12)18-17-19-15-16(20(28-19)21(17)29-24-18)23(27)25(22(15)26)11-13-5-3-2-4-6-13/h2-10,15-17,19-21H,11H2,1H3/t15-,16+,17-,19-,20+,21-/m0/s1. The monoisotopic (exact) mass is 388 g/mol. The summed E-state index contributed by atoms with van der Waals surface area (Å²) in [6.07, 6.45) is -1.08. The molecule has 6 heteroatoms. The summed E-state index contributed by atoms with van der Waals surface area (Å²) >= 11 is 0. The summed E-state index contributed by atoms with van der Waals surface area (Å²) in [6, 6.07) is 17.7. The number of benzene rings is 2. The molecule has 2 aromatic rings. The third-order valence-corrected chi connectivity index (χ3v) is 6.66. The fraction of sp³-hybridized carbons (Fsp3) is 0.348. The molecular weight excluding hydrogens is 368 g/mol. The second-order valence-corrected chi connectivity index (χ2v) is 8.30. The molecule has 0 N–H and O–H groups in total. The number of aryl methyl sites for hydroxylation is 1. The molecule has 4 heterocycles. The van der Waals surface area contributed by atoms with Gasteiger partial charge in [0.25, 0.3) is 0 Å². The quantitative estimate of drug-likeness (QED) is 0.757. The van der Waals surface area contributed by atoms with Crippen molar-refractivity contribution in [1.82, 2.24) is 4.90 Å². The van der Waals surface area contributed by atoms with Crippen LogP contribution in [0.25, 0.3) is 0 Å². The molecule has 6 rings (SSSR count). The molecular formula is C23H20N2O4. The number of carbonyl (C=O) groups excluding carboxylic acids is 2. The normalized spacial score (nSPS) is 34.2. The van der Waals surface area contributed by atoms with Gasteiger partial charge in [-0.15, -0.1) is 0 Å². The average molecular weight is 388 g/mol. The largest absolute Gasteiger partial charge is 0.389 e. The van der Waals surface area contributed by atoms with E-state index in [1.807, 2.05) is 61.5 Å². The van der Waals surface area contributed by atoms with E-state index in [0.29, 0.717) is 6.54 Å². The maximum Gasteiger partial charge on any atom is 0.236 e. The second kappa shape index (κ2) is 6.00. The number of amides is 2. The Morgan fingerprint density at radius 2 is 1.55 bits per heavy atom. The molecule has 0 saturated carbocycles. The van der Waals surface area contributed by atoms with Crippen molar-refractivity contribution in [2.45, 2.75) is 31.8 Å². The number of likely N-dealkylation sites (tertiary alicyclic amines) is 1. The van der Waals surface area contributed by atoms with Gasteiger partial charge in [-0.1, -0.05) is 65.3 Å². The molecule has 6 nitrogen and oxygen atoms in total. The first-order valence-corrected chi connectivity index (χ1v) is 9.99. The fourth-order valence-corrected chi connectivity index (χ4v) is 5.30. The van der Waals surface area contributed by atoms with Crippen LogP contribution in [0.2, 0.25) is 0 Å². The highest BCUT2D eigenvalue weighted by atomic mass is 16.7. The number of rotatable bonds is 3. The van der Waals surface area contributed by atoms with Gasteiger partial charge in [0.05, 0.1) is 36.1 Å². The van der Waals surface area contributed by atoms with Crippen LogP contribution in [0.3, 0.4) is 0 Å². The Morgan fingerprint density at radius 3 is 2.28 bits per heavy atom. The van der Waals surface area contributed by atoms with E-state index < -0.39 is 17.9 Å². The zero-order valence-corrected chi connectivity index (χ0v) is 15.9. The van der Waals surface area contributed by atoms with E-state index in [2.05, 4.69) is 5.16 Å². The predicted molar refractivity (Wildman–Crippen MR) is 104 cm³/mol. The van der Waals surface area contributed by atoms with Crippen LogP contribution >= 0.6 is 0 Å². The van der Waals surface area contributed by atoms with Gasteiger partial charge in [-0.25, -0.2) is 0 Å². The molecule has 2 amide bonds. The Hall–Kier alpha value is -2.99. The van der Waals surface area contributed by atoms with Crippen molar-refractivity contribution in [1.29, 1.82) is 0 Å². The molecule has 2 bridgehead atoms. The van der Waals surface area contributed by atoms with Crippen molar-refractivity contribution in [2.75, 3.05) is 0 Å². The number of hydrogen-bond donors (Lipinski definition) is 0. The first kappa shape index (κ1) is 16.9. The topological polar surface area (TPSA) is 68.2 Å². The van der Waals surface area contributed by atoms with E-state index in [1.54, 1.807) is 0 Å². The summed E-state index contributed by atoms with van der Waals surface area (Å²) in [5.74, 6) is -1.32. The highest BCUT2D eigenvalue weighted by Crippen LogP contribution is 2.54. The third kappa shape index (κ3) is 2.29. The minimum absolute atomic E-state index is 0.114. The van der Waals surface area contributed by atoms with Gasteiger partial charge in [0, 0.05) is 0 Å². The van der Waals surface area contributed by atoms with Gasteiger partial charge in [-0.2, -0.15) is 0 Å². The lowest BCUT2D eigenvalue weighted by atomic mass is 9.71. The van der Waals surface area contributed by atoms with E-state index in [0.717, 1.165) is 16.8 Å². The van der Waals surface area contributed by atoms with Crippen LogP contribution in [0.5, 0.6) is 0 Å². The van der Waals surface area contributed by atoms with Crippen LogP contribution in [-0.2, 0) is 25.7 Å². The number of carbonyl (C=O) groups is 2. The van der Waals surface area contributed by atoms with E-state index in [-0.39, 0.29) is 29.9 Å². The predicted octanol–water partition coefficient (Wildman–Crippen LogP) is 2.30. The van der Waals surface area contributed by atoms with E-state index in [1.165, 1.54) is 10.5 Å². The molecule has 3 saturated heterocycles. The molecule has 0 aliphatic carbocycles. The highest BCUT2D eigenvalue weighted by Gasteiger charge is 2.72. The smallest absolute Gasteiger partial charge is 0.236 e. The average Bonchev–Trinajstić information content (AvgIpc) is 3.47. The zero-order valence-electron chi connectivity index (χ0n) is 15.9. The van der Waals surface area contributed by atoms with Gasteiger partial charge < -0.3 is 9.57 Å². The van der Waals surface area contributed by atoms with E-state index in [4.69, 9.17) is 9.57 Å². The van der Waals surface area contributed by atoms with Gasteiger partial charge in [-0.3, -0.25) is 14.5 Å². The summed E-state index contributed by atoms with van der Waals surface area (Å²) in [4.78, 5) is 33.4. The van der Waals surface area contributed by atoms with Crippen molar-refractivity contribution in [3.8, 4) is 0 Å². The van der Waals surface area contributed by atoms with Crippen molar-refractivity contribution in [3.05, 3.63) is 71.3 Å². The van der Waals surface area contributed by atoms with Crippen LogP contribution in [0.15, 0.2) is 59.8 Å². The number of nitrogens with zero attached hydrogens (tertiary/aromatic N) is 2. The number of ether oxygens (including phenoxy) is 1. The van der Waals surface area contributed by atoms with Crippen LogP contribution < -0.4 is 0 Å². The lowest BCUT2D eigenvalue weighted by molar-refractivity contribution is -0.144. The van der Waals surface area contributed by atoms with Crippen molar-refractivity contribution < 1.29 is 19.2 Å². The zero-order chi connectivity index (χ0) is 19.7. The molecule has 3 fully saturated rings. The van der Waals surface area contributed by atoms with Crippen molar-refractivity contribution in [2.24, 2.45) is 22.9 Å². The molecule has 2 aromatic carbocycles. The number of imide groups is 1.